The molecule has 2 rings (SSSR count). The van der Waals surface area contributed by atoms with Gasteiger partial charge in [-0.25, -0.2) is 4.39 Å². The zero-order valence-electron chi connectivity index (χ0n) is 10.2. The van der Waals surface area contributed by atoms with Gasteiger partial charge in [0.05, 0.1) is 0 Å². The molecule has 0 spiro atoms. The molecule has 0 N–H and O–H groups in total. The van der Waals surface area contributed by atoms with Gasteiger partial charge in [-0.3, -0.25) is 4.79 Å². The maximum absolute atomic E-state index is 13.4. The van der Waals surface area contributed by atoms with Gasteiger partial charge in [-0.15, -0.1) is 0 Å². The SMILES string of the molecule is CC1CCN(C(=O)CCc2ccccc2F)C1. The number of amides is 1. The van der Waals surface area contributed by atoms with E-state index in [4.69, 9.17) is 0 Å². The summed E-state index contributed by atoms with van der Waals surface area (Å²) in [5.74, 6) is 0.542. The molecule has 1 aromatic carbocycles. The van der Waals surface area contributed by atoms with Crippen LogP contribution in [-0.4, -0.2) is 23.9 Å². The van der Waals surface area contributed by atoms with Crippen molar-refractivity contribution in [3.63, 3.8) is 0 Å². The molecule has 1 heterocycles. The van der Waals surface area contributed by atoms with Crippen molar-refractivity contribution >= 4 is 5.91 Å². The van der Waals surface area contributed by atoms with E-state index >= 15 is 0 Å². The van der Waals surface area contributed by atoms with Crippen molar-refractivity contribution in [3.05, 3.63) is 35.6 Å². The average molecular weight is 235 g/mol. The molecule has 1 aliphatic heterocycles. The van der Waals surface area contributed by atoms with Crippen molar-refractivity contribution in [2.75, 3.05) is 13.1 Å². The molecule has 0 aliphatic carbocycles. The lowest BCUT2D eigenvalue weighted by Crippen LogP contribution is -2.28. The van der Waals surface area contributed by atoms with E-state index in [1.54, 1.807) is 18.2 Å². The van der Waals surface area contributed by atoms with Gasteiger partial charge in [-0.05, 0) is 30.4 Å². The lowest BCUT2D eigenvalue weighted by molar-refractivity contribution is -0.130. The first kappa shape index (κ1) is 12.1. The monoisotopic (exact) mass is 235 g/mol. The highest BCUT2D eigenvalue weighted by Gasteiger charge is 2.22. The third-order valence-corrected chi connectivity index (χ3v) is 3.34. The molecule has 1 amide bonds. The number of aryl methyl sites for hydroxylation is 1. The molecule has 17 heavy (non-hydrogen) atoms. The van der Waals surface area contributed by atoms with Crippen molar-refractivity contribution in [1.82, 2.24) is 4.90 Å². The molecule has 0 aromatic heterocycles. The molecule has 1 aromatic rings. The Morgan fingerprint density at radius 3 is 2.88 bits per heavy atom. The molecule has 1 atom stereocenters. The summed E-state index contributed by atoms with van der Waals surface area (Å²) in [5, 5.41) is 0. The van der Waals surface area contributed by atoms with Crippen molar-refractivity contribution in [2.45, 2.75) is 26.2 Å². The third-order valence-electron chi connectivity index (χ3n) is 3.34. The van der Waals surface area contributed by atoms with Gasteiger partial charge in [0.2, 0.25) is 5.91 Å². The summed E-state index contributed by atoms with van der Waals surface area (Å²) in [4.78, 5) is 13.8. The maximum Gasteiger partial charge on any atom is 0.222 e. The smallest absolute Gasteiger partial charge is 0.222 e. The first-order valence-corrected chi connectivity index (χ1v) is 6.18. The fourth-order valence-corrected chi connectivity index (χ4v) is 2.26. The van der Waals surface area contributed by atoms with E-state index in [2.05, 4.69) is 6.92 Å². The van der Waals surface area contributed by atoms with Crippen LogP contribution in [0.25, 0.3) is 0 Å². The van der Waals surface area contributed by atoms with Crippen molar-refractivity contribution in [3.8, 4) is 0 Å². The normalized spacial score (nSPS) is 19.6. The molecule has 1 fully saturated rings. The summed E-state index contributed by atoms with van der Waals surface area (Å²) in [6.45, 7) is 3.87. The highest BCUT2D eigenvalue weighted by Crippen LogP contribution is 2.17. The van der Waals surface area contributed by atoms with E-state index < -0.39 is 0 Å². The molecule has 92 valence electrons. The molecule has 0 bridgehead atoms. The molecular formula is C14H18FNO. The third kappa shape index (κ3) is 3.05. The Balaban J connectivity index is 1.86. The van der Waals surface area contributed by atoms with Crippen LogP contribution in [0.5, 0.6) is 0 Å². The van der Waals surface area contributed by atoms with Crippen LogP contribution < -0.4 is 0 Å². The second-order valence-corrected chi connectivity index (χ2v) is 4.83. The van der Waals surface area contributed by atoms with Crippen LogP contribution in [0.1, 0.15) is 25.3 Å². The first-order chi connectivity index (χ1) is 8.16. The van der Waals surface area contributed by atoms with Crippen LogP contribution in [0.2, 0.25) is 0 Å². The Labute approximate surface area is 101 Å². The second-order valence-electron chi connectivity index (χ2n) is 4.83. The lowest BCUT2D eigenvalue weighted by Gasteiger charge is -2.15. The highest BCUT2D eigenvalue weighted by atomic mass is 19.1. The van der Waals surface area contributed by atoms with Crippen molar-refractivity contribution in [2.24, 2.45) is 5.92 Å². The second kappa shape index (κ2) is 5.30. The Morgan fingerprint density at radius 1 is 1.47 bits per heavy atom. The number of halogens is 1. The Morgan fingerprint density at radius 2 is 2.24 bits per heavy atom. The van der Waals surface area contributed by atoms with Crippen molar-refractivity contribution in [1.29, 1.82) is 0 Å². The van der Waals surface area contributed by atoms with Gasteiger partial charge in [-0.2, -0.15) is 0 Å². The van der Waals surface area contributed by atoms with Crippen LogP contribution in [0.15, 0.2) is 24.3 Å². The molecule has 0 saturated carbocycles. The van der Waals surface area contributed by atoms with E-state index in [0.29, 0.717) is 24.3 Å². The predicted molar refractivity (Wildman–Crippen MR) is 65.1 cm³/mol. The van der Waals surface area contributed by atoms with Gasteiger partial charge in [0, 0.05) is 19.5 Å². The largest absolute Gasteiger partial charge is 0.342 e. The molecule has 2 nitrogen and oxygen atoms in total. The molecule has 1 saturated heterocycles. The Kier molecular flexibility index (Phi) is 3.77. The van der Waals surface area contributed by atoms with Crippen molar-refractivity contribution < 1.29 is 9.18 Å². The topological polar surface area (TPSA) is 20.3 Å². The minimum Gasteiger partial charge on any atom is -0.342 e. The predicted octanol–water partition coefficient (Wildman–Crippen LogP) is 2.63. The fourth-order valence-electron chi connectivity index (χ4n) is 2.26. The van der Waals surface area contributed by atoms with E-state index in [1.807, 2.05) is 4.90 Å². The summed E-state index contributed by atoms with van der Waals surface area (Å²) in [7, 11) is 0. The van der Waals surface area contributed by atoms with Crippen LogP contribution in [0.3, 0.4) is 0 Å². The molecule has 3 heteroatoms. The number of likely N-dealkylation sites (tertiary alicyclic amines) is 1. The summed E-state index contributed by atoms with van der Waals surface area (Å²) in [6, 6.07) is 6.66. The van der Waals surface area contributed by atoms with E-state index in [9.17, 15) is 9.18 Å². The molecule has 1 unspecified atom stereocenters. The average Bonchev–Trinajstić information content (AvgIpc) is 2.74. The molecule has 0 radical (unpaired) electrons. The van der Waals surface area contributed by atoms with Gasteiger partial charge < -0.3 is 4.90 Å². The maximum atomic E-state index is 13.4. The molecule has 1 aliphatic rings. The number of hydrogen-bond donors (Lipinski definition) is 0. The van der Waals surface area contributed by atoms with Crippen LogP contribution in [0.4, 0.5) is 4.39 Å². The summed E-state index contributed by atoms with van der Waals surface area (Å²) < 4.78 is 13.4. The Hall–Kier alpha value is -1.38. The number of carbonyl (C=O) groups excluding carboxylic acids is 1. The first-order valence-electron chi connectivity index (χ1n) is 6.18. The standard InChI is InChI=1S/C14H18FNO/c1-11-8-9-16(10-11)14(17)7-6-12-4-2-3-5-13(12)15/h2-5,11H,6-10H2,1H3. The zero-order chi connectivity index (χ0) is 12.3. The molecular weight excluding hydrogens is 217 g/mol. The Bertz CT molecular complexity index is 405. The zero-order valence-corrected chi connectivity index (χ0v) is 10.2. The number of hydrogen-bond acceptors (Lipinski definition) is 1. The summed E-state index contributed by atoms with van der Waals surface area (Å²) in [5.41, 5.74) is 0.632. The number of carbonyl (C=O) groups is 1. The van der Waals surface area contributed by atoms with Crippen LogP contribution in [0, 0.1) is 11.7 Å². The summed E-state index contributed by atoms with van der Waals surface area (Å²) in [6.07, 6.45) is 2.00. The summed E-state index contributed by atoms with van der Waals surface area (Å²) >= 11 is 0. The van der Waals surface area contributed by atoms with Gasteiger partial charge >= 0.3 is 0 Å². The quantitative estimate of drug-likeness (QED) is 0.788. The fraction of sp³-hybridized carbons (Fsp3) is 0.500. The lowest BCUT2D eigenvalue weighted by atomic mass is 10.1. The number of benzene rings is 1. The van der Waals surface area contributed by atoms with Gasteiger partial charge in [0.1, 0.15) is 5.82 Å². The van der Waals surface area contributed by atoms with E-state index in [-0.39, 0.29) is 11.7 Å². The minimum atomic E-state index is -0.213. The highest BCUT2D eigenvalue weighted by molar-refractivity contribution is 5.76. The van der Waals surface area contributed by atoms with Gasteiger partial charge in [0.25, 0.3) is 0 Å². The minimum absolute atomic E-state index is 0.151. The van der Waals surface area contributed by atoms with E-state index in [1.165, 1.54) is 6.07 Å². The van der Waals surface area contributed by atoms with Crippen LogP contribution >= 0.6 is 0 Å². The van der Waals surface area contributed by atoms with Gasteiger partial charge in [-0.1, -0.05) is 25.1 Å². The van der Waals surface area contributed by atoms with Crippen LogP contribution in [-0.2, 0) is 11.2 Å². The van der Waals surface area contributed by atoms with E-state index in [0.717, 1.165) is 19.5 Å². The number of rotatable bonds is 3. The van der Waals surface area contributed by atoms with Gasteiger partial charge in [0.15, 0.2) is 0 Å². The number of nitrogens with zero attached hydrogens (tertiary/aromatic N) is 1.